The lowest BCUT2D eigenvalue weighted by atomic mass is 9.93. The summed E-state index contributed by atoms with van der Waals surface area (Å²) in [4.78, 5) is 5.53. The van der Waals surface area contributed by atoms with Crippen LogP contribution in [0.5, 0.6) is 5.75 Å². The average molecular weight is 385 g/mol. The van der Waals surface area contributed by atoms with Gasteiger partial charge in [0.1, 0.15) is 18.0 Å². The molecule has 0 spiro atoms. The number of aromatic nitrogens is 1. The standard InChI is InChI=1S/C22H25ClN2O2/c1-16-3-5-19(23)21(11-16)27-15-22(26)8-2-10-25(14-22)13-17-4-6-20-18(12-17)7-9-24-20/h3-7,9,11-12,24,26H,2,8,10,13-15H2,1H3/t22-/m0/s1. The Hall–Kier alpha value is -2.01. The zero-order chi connectivity index (χ0) is 18.9. The zero-order valence-electron chi connectivity index (χ0n) is 15.5. The van der Waals surface area contributed by atoms with Crippen LogP contribution in [0.2, 0.25) is 5.02 Å². The van der Waals surface area contributed by atoms with Crippen LogP contribution < -0.4 is 4.74 Å². The van der Waals surface area contributed by atoms with Gasteiger partial charge in [0.05, 0.1) is 5.02 Å². The van der Waals surface area contributed by atoms with Gasteiger partial charge in [-0.05, 0) is 73.2 Å². The monoisotopic (exact) mass is 384 g/mol. The van der Waals surface area contributed by atoms with Crippen LogP contribution in [0.15, 0.2) is 48.7 Å². The largest absolute Gasteiger partial charge is 0.489 e. The van der Waals surface area contributed by atoms with Gasteiger partial charge in [-0.3, -0.25) is 4.90 Å². The Balaban J connectivity index is 1.41. The van der Waals surface area contributed by atoms with E-state index in [0.717, 1.165) is 37.0 Å². The van der Waals surface area contributed by atoms with Crippen LogP contribution in [0.3, 0.4) is 0 Å². The van der Waals surface area contributed by atoms with Crippen LogP contribution in [0.1, 0.15) is 24.0 Å². The Morgan fingerprint density at radius 2 is 2.11 bits per heavy atom. The maximum atomic E-state index is 11.1. The van der Waals surface area contributed by atoms with Crippen molar-refractivity contribution in [1.82, 2.24) is 9.88 Å². The van der Waals surface area contributed by atoms with Crippen LogP contribution in [-0.4, -0.2) is 40.3 Å². The number of likely N-dealkylation sites (tertiary alicyclic amines) is 1. The number of ether oxygens (including phenoxy) is 1. The Labute approximate surface area is 164 Å². The van der Waals surface area contributed by atoms with Crippen molar-refractivity contribution >= 4 is 22.5 Å². The van der Waals surface area contributed by atoms with Gasteiger partial charge < -0.3 is 14.8 Å². The van der Waals surface area contributed by atoms with Gasteiger partial charge in [-0.25, -0.2) is 0 Å². The summed E-state index contributed by atoms with van der Waals surface area (Å²) in [6, 6.07) is 14.3. The van der Waals surface area contributed by atoms with Gasteiger partial charge in [-0.1, -0.05) is 23.7 Å². The number of piperidine rings is 1. The van der Waals surface area contributed by atoms with E-state index in [4.69, 9.17) is 16.3 Å². The van der Waals surface area contributed by atoms with Crippen LogP contribution in [-0.2, 0) is 6.54 Å². The molecule has 1 aromatic heterocycles. The molecule has 1 aliphatic rings. The SMILES string of the molecule is Cc1ccc(Cl)c(OC[C@]2(O)CCCN(Cc3ccc4[nH]ccc4c3)C2)c1. The molecule has 27 heavy (non-hydrogen) atoms. The Morgan fingerprint density at radius 3 is 3.00 bits per heavy atom. The maximum Gasteiger partial charge on any atom is 0.138 e. The number of aliphatic hydroxyl groups is 1. The predicted molar refractivity (Wildman–Crippen MR) is 109 cm³/mol. The van der Waals surface area contributed by atoms with E-state index >= 15 is 0 Å². The molecule has 2 heterocycles. The molecular formula is C22H25ClN2O2. The van der Waals surface area contributed by atoms with Gasteiger partial charge >= 0.3 is 0 Å². The van der Waals surface area contributed by atoms with Gasteiger partial charge in [0.25, 0.3) is 0 Å². The van der Waals surface area contributed by atoms with Gasteiger partial charge in [0.2, 0.25) is 0 Å². The highest BCUT2D eigenvalue weighted by Gasteiger charge is 2.34. The zero-order valence-corrected chi connectivity index (χ0v) is 16.3. The molecule has 142 valence electrons. The first-order valence-corrected chi connectivity index (χ1v) is 9.78. The second-order valence-electron chi connectivity index (χ2n) is 7.66. The van der Waals surface area contributed by atoms with E-state index in [1.54, 1.807) is 0 Å². The molecule has 0 unspecified atom stereocenters. The molecule has 0 saturated carbocycles. The van der Waals surface area contributed by atoms with Crippen LogP contribution in [0.25, 0.3) is 10.9 Å². The first-order valence-electron chi connectivity index (χ1n) is 9.41. The number of H-pyrrole nitrogens is 1. The number of aryl methyl sites for hydroxylation is 1. The summed E-state index contributed by atoms with van der Waals surface area (Å²) in [5.74, 6) is 0.639. The molecule has 0 radical (unpaired) electrons. The molecule has 2 N–H and O–H groups in total. The first-order chi connectivity index (χ1) is 13.0. The number of halogens is 1. The molecule has 4 nitrogen and oxygen atoms in total. The van der Waals surface area contributed by atoms with E-state index in [0.29, 0.717) is 17.3 Å². The topological polar surface area (TPSA) is 48.5 Å². The van der Waals surface area contributed by atoms with E-state index in [2.05, 4.69) is 34.1 Å². The second kappa shape index (κ2) is 7.55. The van der Waals surface area contributed by atoms with Crippen molar-refractivity contribution in [3.05, 3.63) is 64.8 Å². The molecular weight excluding hydrogens is 360 g/mol. The molecule has 0 bridgehead atoms. The van der Waals surface area contributed by atoms with E-state index in [9.17, 15) is 5.11 Å². The number of fused-ring (bicyclic) bond motifs is 1. The van der Waals surface area contributed by atoms with Crippen molar-refractivity contribution in [2.45, 2.75) is 31.9 Å². The van der Waals surface area contributed by atoms with Crippen LogP contribution in [0, 0.1) is 6.92 Å². The molecule has 0 amide bonds. The quantitative estimate of drug-likeness (QED) is 0.679. The van der Waals surface area contributed by atoms with E-state index in [-0.39, 0.29) is 6.61 Å². The third-order valence-corrected chi connectivity index (χ3v) is 5.55. The van der Waals surface area contributed by atoms with Crippen LogP contribution >= 0.6 is 11.6 Å². The lowest BCUT2D eigenvalue weighted by Crippen LogP contribution is -2.51. The maximum absolute atomic E-state index is 11.1. The normalized spacial score (nSPS) is 20.9. The van der Waals surface area contributed by atoms with Crippen molar-refractivity contribution in [3.63, 3.8) is 0 Å². The summed E-state index contributed by atoms with van der Waals surface area (Å²) in [5.41, 5.74) is 2.64. The number of rotatable bonds is 5. The molecule has 3 aromatic rings. The predicted octanol–water partition coefficient (Wildman–Crippen LogP) is 4.54. The number of hydrogen-bond donors (Lipinski definition) is 2. The number of β-amino-alcohol motifs (C(OH)–C–C–N with tert-alkyl or cyclic N) is 1. The molecule has 1 atom stereocenters. The van der Waals surface area contributed by atoms with Crippen molar-refractivity contribution in [2.24, 2.45) is 0 Å². The average Bonchev–Trinajstić information content (AvgIpc) is 3.10. The molecule has 1 saturated heterocycles. The van der Waals surface area contributed by atoms with Gasteiger partial charge in [0.15, 0.2) is 0 Å². The minimum atomic E-state index is -0.858. The number of nitrogens with one attached hydrogen (secondary N) is 1. The van der Waals surface area contributed by atoms with Crippen LogP contribution in [0.4, 0.5) is 0 Å². The van der Waals surface area contributed by atoms with E-state index < -0.39 is 5.60 Å². The first kappa shape index (κ1) is 18.4. The molecule has 0 aliphatic carbocycles. The molecule has 5 heteroatoms. The third-order valence-electron chi connectivity index (χ3n) is 5.24. The smallest absolute Gasteiger partial charge is 0.138 e. The lowest BCUT2D eigenvalue weighted by Gasteiger charge is -2.39. The lowest BCUT2D eigenvalue weighted by molar-refractivity contribution is -0.0620. The van der Waals surface area contributed by atoms with Crippen molar-refractivity contribution < 1.29 is 9.84 Å². The Bertz CT molecular complexity index is 939. The number of hydrogen-bond acceptors (Lipinski definition) is 3. The molecule has 2 aromatic carbocycles. The summed E-state index contributed by atoms with van der Waals surface area (Å²) >= 11 is 6.21. The Morgan fingerprint density at radius 1 is 1.22 bits per heavy atom. The van der Waals surface area contributed by atoms with Crippen molar-refractivity contribution in [1.29, 1.82) is 0 Å². The van der Waals surface area contributed by atoms with Gasteiger partial charge in [-0.15, -0.1) is 0 Å². The molecule has 1 aliphatic heterocycles. The van der Waals surface area contributed by atoms with E-state index in [1.165, 1.54) is 10.9 Å². The number of aromatic amines is 1. The minimum Gasteiger partial charge on any atom is -0.489 e. The fourth-order valence-electron chi connectivity index (χ4n) is 3.85. The van der Waals surface area contributed by atoms with Crippen molar-refractivity contribution in [2.75, 3.05) is 19.7 Å². The summed E-state index contributed by atoms with van der Waals surface area (Å²) in [6.07, 6.45) is 3.65. The third kappa shape index (κ3) is 4.29. The summed E-state index contributed by atoms with van der Waals surface area (Å²) in [5, 5.41) is 12.9. The molecule has 4 rings (SSSR count). The molecule has 1 fully saturated rings. The number of benzene rings is 2. The summed E-state index contributed by atoms with van der Waals surface area (Å²) in [6.45, 7) is 4.67. The highest BCUT2D eigenvalue weighted by atomic mass is 35.5. The highest BCUT2D eigenvalue weighted by molar-refractivity contribution is 6.32. The summed E-state index contributed by atoms with van der Waals surface area (Å²) < 4.78 is 5.89. The van der Waals surface area contributed by atoms with Gasteiger partial charge in [0, 0.05) is 24.8 Å². The highest BCUT2D eigenvalue weighted by Crippen LogP contribution is 2.29. The van der Waals surface area contributed by atoms with Crippen molar-refractivity contribution in [3.8, 4) is 5.75 Å². The fraction of sp³-hybridized carbons (Fsp3) is 0.364. The Kier molecular flexibility index (Phi) is 5.13. The fourth-order valence-corrected chi connectivity index (χ4v) is 4.02. The van der Waals surface area contributed by atoms with Gasteiger partial charge in [-0.2, -0.15) is 0 Å². The van der Waals surface area contributed by atoms with E-state index in [1.807, 2.05) is 31.3 Å². The minimum absolute atomic E-state index is 0.253. The number of nitrogens with zero attached hydrogens (tertiary/aromatic N) is 1. The second-order valence-corrected chi connectivity index (χ2v) is 8.07. The summed E-state index contributed by atoms with van der Waals surface area (Å²) in [7, 11) is 0.